The maximum absolute atomic E-state index is 12.6. The molecule has 0 radical (unpaired) electrons. The number of carbonyl (C=O) groups is 1. The van der Waals surface area contributed by atoms with Gasteiger partial charge in [0.2, 0.25) is 0 Å². The third kappa shape index (κ3) is 4.50. The predicted molar refractivity (Wildman–Crippen MR) is 122 cm³/mol. The molecule has 0 bridgehead atoms. The van der Waals surface area contributed by atoms with Gasteiger partial charge in [0.25, 0.3) is 11.5 Å². The minimum atomic E-state index is -0.491. The molecule has 2 aromatic heterocycles. The van der Waals surface area contributed by atoms with Crippen molar-refractivity contribution in [3.05, 3.63) is 104 Å². The summed E-state index contributed by atoms with van der Waals surface area (Å²) >= 11 is 7.55. The Morgan fingerprint density at radius 2 is 1.93 bits per heavy atom. The lowest BCUT2D eigenvalue weighted by Gasteiger charge is -2.04. The smallest absolute Gasteiger partial charge is 0.263 e. The third-order valence-corrected chi connectivity index (χ3v) is 5.95. The van der Waals surface area contributed by atoms with Crippen LogP contribution in [0, 0.1) is 6.92 Å². The first kappa shape index (κ1) is 20.1. The zero-order chi connectivity index (χ0) is 21.1. The number of nitrogens with one attached hydrogen (secondary N) is 2. The van der Waals surface area contributed by atoms with Gasteiger partial charge >= 0.3 is 0 Å². The molecule has 4 aromatic rings. The summed E-state index contributed by atoms with van der Waals surface area (Å²) in [6, 6.07) is 18.6. The van der Waals surface area contributed by atoms with Crippen LogP contribution in [0.4, 0.5) is 5.13 Å². The van der Waals surface area contributed by atoms with E-state index in [1.54, 1.807) is 12.3 Å². The number of halogens is 1. The highest BCUT2D eigenvalue weighted by Gasteiger charge is 2.14. The normalized spacial score (nSPS) is 10.7. The predicted octanol–water partition coefficient (Wildman–Crippen LogP) is 5.30. The van der Waals surface area contributed by atoms with Crippen molar-refractivity contribution in [1.82, 2.24) is 9.97 Å². The number of pyridine rings is 1. The molecule has 0 spiro atoms. The van der Waals surface area contributed by atoms with Crippen LogP contribution in [0.15, 0.2) is 71.7 Å². The maximum atomic E-state index is 12.6. The maximum Gasteiger partial charge on any atom is 0.263 e. The van der Waals surface area contributed by atoms with Crippen LogP contribution in [0.1, 0.15) is 26.4 Å². The van der Waals surface area contributed by atoms with Crippen molar-refractivity contribution in [2.75, 3.05) is 5.32 Å². The number of aryl methyl sites for hydroxylation is 1. The Morgan fingerprint density at radius 1 is 1.13 bits per heavy atom. The lowest BCUT2D eigenvalue weighted by molar-refractivity contribution is 0.102. The Balaban J connectivity index is 1.46. The number of amides is 1. The molecule has 0 saturated heterocycles. The van der Waals surface area contributed by atoms with Gasteiger partial charge in [0.05, 0.1) is 0 Å². The van der Waals surface area contributed by atoms with Crippen molar-refractivity contribution in [2.24, 2.45) is 0 Å². The molecule has 2 heterocycles. The van der Waals surface area contributed by atoms with E-state index >= 15 is 0 Å². The van der Waals surface area contributed by atoms with E-state index in [1.807, 2.05) is 55.5 Å². The van der Waals surface area contributed by atoms with E-state index < -0.39 is 11.5 Å². The number of nitrogens with zero attached hydrogens (tertiary/aromatic N) is 1. The van der Waals surface area contributed by atoms with Gasteiger partial charge in [-0.2, -0.15) is 0 Å². The molecule has 30 heavy (non-hydrogen) atoms. The molecule has 1 amide bonds. The molecule has 150 valence electrons. The number of benzene rings is 2. The first-order valence-electron chi connectivity index (χ1n) is 9.29. The lowest BCUT2D eigenvalue weighted by Crippen LogP contribution is -2.23. The molecule has 2 aromatic carbocycles. The Morgan fingerprint density at radius 3 is 2.67 bits per heavy atom. The highest BCUT2D eigenvalue weighted by Crippen LogP contribution is 2.24. The number of anilines is 1. The van der Waals surface area contributed by atoms with Gasteiger partial charge in [-0.1, -0.05) is 54.1 Å². The molecule has 5 nitrogen and oxygen atoms in total. The van der Waals surface area contributed by atoms with Gasteiger partial charge in [-0.25, -0.2) is 4.98 Å². The second-order valence-corrected chi connectivity index (χ2v) is 8.35. The first-order valence-corrected chi connectivity index (χ1v) is 10.5. The number of hydrogen-bond donors (Lipinski definition) is 2. The summed E-state index contributed by atoms with van der Waals surface area (Å²) in [6.07, 6.45) is 2.39. The fraction of sp³-hybridized carbons (Fsp3) is 0.0870. The summed E-state index contributed by atoms with van der Waals surface area (Å²) in [5, 5.41) is 3.88. The molecular weight excluding hydrogens is 418 g/mol. The van der Waals surface area contributed by atoms with Crippen LogP contribution in [-0.4, -0.2) is 15.9 Å². The summed E-state index contributed by atoms with van der Waals surface area (Å²) < 4.78 is 0. The molecule has 0 aliphatic heterocycles. The van der Waals surface area contributed by atoms with E-state index in [0.717, 1.165) is 26.6 Å². The van der Waals surface area contributed by atoms with Gasteiger partial charge in [0, 0.05) is 28.2 Å². The van der Waals surface area contributed by atoms with Crippen LogP contribution >= 0.6 is 22.9 Å². The number of H-pyrrole nitrogens is 1. The Hall–Kier alpha value is -3.22. The van der Waals surface area contributed by atoms with Crippen LogP contribution < -0.4 is 10.9 Å². The summed E-state index contributed by atoms with van der Waals surface area (Å²) in [5.41, 5.74) is 3.23. The van der Waals surface area contributed by atoms with E-state index in [4.69, 9.17) is 11.6 Å². The van der Waals surface area contributed by atoms with Crippen LogP contribution in [0.25, 0.3) is 11.3 Å². The van der Waals surface area contributed by atoms with Crippen LogP contribution in [-0.2, 0) is 6.42 Å². The highest BCUT2D eigenvalue weighted by atomic mass is 35.5. The number of aromatic amines is 1. The van der Waals surface area contributed by atoms with E-state index in [-0.39, 0.29) is 5.56 Å². The van der Waals surface area contributed by atoms with Crippen molar-refractivity contribution in [1.29, 1.82) is 0 Å². The molecule has 0 aliphatic rings. The Kier molecular flexibility index (Phi) is 5.79. The average Bonchev–Trinajstić information content (AvgIpc) is 3.18. The second kappa shape index (κ2) is 8.65. The molecule has 0 saturated carbocycles. The second-order valence-electron chi connectivity index (χ2n) is 6.83. The first-order chi connectivity index (χ1) is 14.5. The van der Waals surface area contributed by atoms with Crippen LogP contribution in [0.5, 0.6) is 0 Å². The van der Waals surface area contributed by atoms with Gasteiger partial charge in [-0.05, 0) is 41.8 Å². The summed E-state index contributed by atoms with van der Waals surface area (Å²) in [7, 11) is 0. The molecular formula is C23H18ClN3O2S. The molecule has 0 aliphatic carbocycles. The number of aromatic nitrogens is 2. The van der Waals surface area contributed by atoms with Crippen molar-refractivity contribution < 1.29 is 4.79 Å². The highest BCUT2D eigenvalue weighted by molar-refractivity contribution is 7.15. The zero-order valence-electron chi connectivity index (χ0n) is 16.1. The third-order valence-electron chi connectivity index (χ3n) is 4.63. The summed E-state index contributed by atoms with van der Waals surface area (Å²) in [5.74, 6) is -0.491. The van der Waals surface area contributed by atoms with Crippen molar-refractivity contribution in [2.45, 2.75) is 13.3 Å². The van der Waals surface area contributed by atoms with Gasteiger partial charge in [-0.15, -0.1) is 11.3 Å². The van der Waals surface area contributed by atoms with Crippen LogP contribution in [0.2, 0.25) is 5.02 Å². The minimum absolute atomic E-state index is 0.0387. The quantitative estimate of drug-likeness (QED) is 0.446. The monoisotopic (exact) mass is 435 g/mol. The standard InChI is InChI=1S/C23H18ClN3O2S/c1-14-7-8-15(12-19(14)24)11-17-13-25-23(30-17)27-22(29)18-9-10-20(26-21(18)28)16-5-3-2-4-6-16/h2-10,12-13H,11H2,1H3,(H,26,28)(H,25,27,29). The molecule has 2 N–H and O–H groups in total. The lowest BCUT2D eigenvalue weighted by atomic mass is 10.1. The summed E-state index contributed by atoms with van der Waals surface area (Å²) in [4.78, 5) is 33.0. The molecule has 4 rings (SSSR count). The Labute approximate surface area is 182 Å². The zero-order valence-corrected chi connectivity index (χ0v) is 17.7. The average molecular weight is 436 g/mol. The van der Waals surface area contributed by atoms with E-state index in [9.17, 15) is 9.59 Å². The van der Waals surface area contributed by atoms with Gasteiger partial charge in [0.1, 0.15) is 5.56 Å². The number of hydrogen-bond acceptors (Lipinski definition) is 4. The minimum Gasteiger partial charge on any atom is -0.321 e. The fourth-order valence-electron chi connectivity index (χ4n) is 3.00. The van der Waals surface area contributed by atoms with E-state index in [1.165, 1.54) is 17.4 Å². The number of carbonyl (C=O) groups excluding carboxylic acids is 1. The molecule has 0 atom stereocenters. The SMILES string of the molecule is Cc1ccc(Cc2cnc(NC(=O)c3ccc(-c4ccccc4)[nH]c3=O)s2)cc1Cl. The summed E-state index contributed by atoms with van der Waals surface area (Å²) in [6.45, 7) is 1.96. The number of rotatable bonds is 5. The van der Waals surface area contributed by atoms with Crippen molar-refractivity contribution >= 4 is 34.0 Å². The topological polar surface area (TPSA) is 74.8 Å². The molecule has 0 fully saturated rings. The van der Waals surface area contributed by atoms with E-state index in [2.05, 4.69) is 15.3 Å². The van der Waals surface area contributed by atoms with Crippen LogP contribution in [0.3, 0.4) is 0 Å². The Bertz CT molecular complexity index is 1260. The number of thiazole rings is 1. The fourth-order valence-corrected chi connectivity index (χ4v) is 4.04. The molecule has 0 unspecified atom stereocenters. The van der Waals surface area contributed by atoms with Crippen molar-refractivity contribution in [3.8, 4) is 11.3 Å². The van der Waals surface area contributed by atoms with Gasteiger partial charge in [0.15, 0.2) is 5.13 Å². The van der Waals surface area contributed by atoms with Crippen molar-refractivity contribution in [3.63, 3.8) is 0 Å². The largest absolute Gasteiger partial charge is 0.321 e. The van der Waals surface area contributed by atoms with E-state index in [0.29, 0.717) is 17.2 Å². The molecule has 7 heteroatoms. The van der Waals surface area contributed by atoms with Gasteiger partial charge in [-0.3, -0.25) is 14.9 Å². The van der Waals surface area contributed by atoms with Gasteiger partial charge < -0.3 is 4.98 Å².